The van der Waals surface area contributed by atoms with Gasteiger partial charge in [-0.15, -0.1) is 0 Å². The summed E-state index contributed by atoms with van der Waals surface area (Å²) < 4.78 is 5.38. The van der Waals surface area contributed by atoms with Crippen LogP contribution in [-0.4, -0.2) is 75.5 Å². The molecule has 51 heavy (non-hydrogen) atoms. The number of ether oxygens (including phenoxy) is 1. The van der Waals surface area contributed by atoms with Crippen molar-refractivity contribution in [2.75, 3.05) is 26.0 Å². The molecule has 0 amide bonds. The molecule has 0 radical (unpaired) electrons. The Morgan fingerprint density at radius 3 is 2.65 bits per heavy atom. The van der Waals surface area contributed by atoms with E-state index >= 15 is 0 Å². The highest BCUT2D eigenvalue weighted by atomic mass is 16.5. The summed E-state index contributed by atoms with van der Waals surface area (Å²) >= 11 is 0. The normalized spacial score (nSPS) is 25.2. The molecule has 1 aromatic heterocycles. The largest absolute Gasteiger partial charge is 0.504 e. The number of phenols is 1. The highest BCUT2D eigenvalue weighted by molar-refractivity contribution is 5.85. The Kier molecular flexibility index (Phi) is 14.3. The van der Waals surface area contributed by atoms with Crippen molar-refractivity contribution >= 4 is 17.4 Å². The average molecular weight is 704 g/mol. The molecule has 10 nitrogen and oxygen atoms in total. The van der Waals surface area contributed by atoms with Crippen LogP contribution in [0.3, 0.4) is 0 Å². The van der Waals surface area contributed by atoms with Crippen molar-refractivity contribution in [1.82, 2.24) is 10.3 Å². The highest BCUT2D eigenvalue weighted by Gasteiger charge is 2.37. The summed E-state index contributed by atoms with van der Waals surface area (Å²) in [6.45, 7) is 1.02. The predicted octanol–water partition coefficient (Wildman–Crippen LogP) is 4.64. The molecular formula is C41H57N3O7. The quantitative estimate of drug-likeness (QED) is 0.135. The number of carbonyl (C=O) groups is 2. The van der Waals surface area contributed by atoms with E-state index in [9.17, 15) is 30.0 Å². The molecule has 1 saturated heterocycles. The number of fused-ring (bicyclic) bond motifs is 2. The first-order valence-electron chi connectivity index (χ1n) is 19.0. The number of nitrogens with one attached hydrogen (secondary N) is 1. The Hall–Kier alpha value is -3.49. The Bertz CT molecular complexity index is 1540. The maximum absolute atomic E-state index is 13.6. The van der Waals surface area contributed by atoms with Gasteiger partial charge in [-0.05, 0) is 129 Å². The van der Waals surface area contributed by atoms with Crippen molar-refractivity contribution in [1.29, 1.82) is 0 Å². The van der Waals surface area contributed by atoms with Gasteiger partial charge in [-0.3, -0.25) is 9.59 Å². The van der Waals surface area contributed by atoms with Gasteiger partial charge in [0.1, 0.15) is 17.5 Å². The van der Waals surface area contributed by atoms with E-state index in [0.29, 0.717) is 86.5 Å². The molecule has 2 heterocycles. The number of hydrogen-bond donors (Lipinski definition) is 6. The fraction of sp³-hybridized carbons (Fsp3) is 0.634. The first-order valence-corrected chi connectivity index (χ1v) is 19.0. The van der Waals surface area contributed by atoms with Gasteiger partial charge in [0, 0.05) is 44.0 Å². The number of anilines is 1. The van der Waals surface area contributed by atoms with E-state index in [4.69, 9.17) is 10.5 Å². The molecule has 7 N–H and O–H groups in total. The first-order chi connectivity index (χ1) is 24.6. The summed E-state index contributed by atoms with van der Waals surface area (Å²) in [5.41, 5.74) is 8.50. The van der Waals surface area contributed by atoms with E-state index in [1.807, 2.05) is 12.1 Å². The van der Waals surface area contributed by atoms with Gasteiger partial charge in [-0.25, -0.2) is 4.98 Å². The monoisotopic (exact) mass is 703 g/mol. The molecule has 3 aliphatic rings. The average Bonchev–Trinajstić information content (AvgIpc) is 3.18. The van der Waals surface area contributed by atoms with Gasteiger partial charge in [0.15, 0.2) is 17.3 Å². The molecule has 2 fully saturated rings. The van der Waals surface area contributed by atoms with Gasteiger partial charge in [0.2, 0.25) is 0 Å². The van der Waals surface area contributed by atoms with E-state index in [1.54, 1.807) is 18.3 Å². The fourth-order valence-corrected chi connectivity index (χ4v) is 8.56. The van der Waals surface area contributed by atoms with Crippen LogP contribution in [0.5, 0.6) is 11.5 Å². The molecule has 0 bridgehead atoms. The van der Waals surface area contributed by atoms with Crippen LogP contribution in [0.1, 0.15) is 106 Å². The van der Waals surface area contributed by atoms with Gasteiger partial charge in [0.25, 0.3) is 0 Å². The fourth-order valence-electron chi connectivity index (χ4n) is 8.56. The van der Waals surface area contributed by atoms with E-state index in [-0.39, 0.29) is 36.5 Å². The molecule has 1 aliphatic heterocycles. The number of piperidine rings is 1. The van der Waals surface area contributed by atoms with E-state index in [1.165, 1.54) is 7.11 Å². The maximum Gasteiger partial charge on any atom is 0.160 e. The van der Waals surface area contributed by atoms with Crippen LogP contribution < -0.4 is 15.8 Å². The minimum Gasteiger partial charge on any atom is -0.504 e. The highest BCUT2D eigenvalue weighted by Crippen LogP contribution is 2.39. The molecule has 1 saturated carbocycles. The van der Waals surface area contributed by atoms with Crippen molar-refractivity contribution in [3.63, 3.8) is 0 Å². The second-order valence-electron chi connectivity index (χ2n) is 15.0. The van der Waals surface area contributed by atoms with Crippen LogP contribution in [0.2, 0.25) is 0 Å². The standard InChI is InChI=1S/C41H57N3O7/c1-51-40-22-29-11-16-38(49)34(15-10-28(35(29)24-39(40)50)8-13-32(46)12-7-26-17-18-43-41(42)20-26)37(48)6-2-4-27(5-3-19-45)31-21-30-9-14-33(47)23-36(30)44-25-31/h17-18,20,22,24,27-28,30-32,34,36-37,44-46,48,50H,2-9,11-14,16,19,21,23,25H2,1H3,(H2,42,43). The second-order valence-corrected chi connectivity index (χ2v) is 15.0. The number of rotatable bonds is 16. The number of carbonyl (C=O) groups excluding carboxylic acids is 2. The molecule has 278 valence electrons. The van der Waals surface area contributed by atoms with Gasteiger partial charge in [-0.2, -0.15) is 0 Å². The number of phenolic OH excluding ortho intramolecular Hbond substituents is 1. The first kappa shape index (κ1) is 38.7. The lowest BCUT2D eigenvalue weighted by molar-refractivity contribution is -0.124. The third-order valence-electron chi connectivity index (χ3n) is 11.5. The van der Waals surface area contributed by atoms with Gasteiger partial charge in [0.05, 0.1) is 19.3 Å². The van der Waals surface area contributed by atoms with Crippen molar-refractivity contribution in [2.45, 2.75) is 120 Å². The molecule has 5 rings (SSSR count). The summed E-state index contributed by atoms with van der Waals surface area (Å²) in [4.78, 5) is 29.6. The maximum atomic E-state index is 13.6. The topological polar surface area (TPSA) is 175 Å². The lowest BCUT2D eigenvalue weighted by atomic mass is 9.70. The summed E-state index contributed by atoms with van der Waals surface area (Å²) in [5.74, 6) is 7.68. The number of aliphatic hydroxyl groups is 3. The molecule has 1 aromatic carbocycles. The van der Waals surface area contributed by atoms with Crippen LogP contribution in [0, 0.1) is 35.5 Å². The lowest BCUT2D eigenvalue weighted by Gasteiger charge is -2.42. The number of Topliss-reactive ketones (excluding diaryl/α,β-unsaturated/α-hetero) is 2. The molecule has 2 aromatic rings. The molecule has 8 unspecified atom stereocenters. The minimum absolute atomic E-state index is 0.00236. The number of methoxy groups -OCH3 is 1. The van der Waals surface area contributed by atoms with Crippen LogP contribution in [0.4, 0.5) is 5.82 Å². The van der Waals surface area contributed by atoms with Crippen LogP contribution in [0.25, 0.3) is 0 Å². The Morgan fingerprint density at radius 1 is 1.04 bits per heavy atom. The van der Waals surface area contributed by atoms with Crippen LogP contribution in [-0.2, 0) is 22.4 Å². The minimum atomic E-state index is -0.912. The van der Waals surface area contributed by atoms with Gasteiger partial charge < -0.3 is 36.2 Å². The number of pyridine rings is 1. The third kappa shape index (κ3) is 10.8. The smallest absolute Gasteiger partial charge is 0.160 e. The Morgan fingerprint density at radius 2 is 1.86 bits per heavy atom. The number of ketones is 2. The number of benzene rings is 1. The molecular weight excluding hydrogens is 646 g/mol. The predicted molar refractivity (Wildman–Crippen MR) is 196 cm³/mol. The summed E-state index contributed by atoms with van der Waals surface area (Å²) in [7, 11) is 1.49. The number of aryl methyl sites for hydroxylation is 2. The summed E-state index contributed by atoms with van der Waals surface area (Å²) in [6, 6.07) is 7.42. The van der Waals surface area contributed by atoms with Gasteiger partial charge >= 0.3 is 0 Å². The van der Waals surface area contributed by atoms with Crippen molar-refractivity contribution < 1.29 is 34.8 Å². The molecule has 8 atom stereocenters. The van der Waals surface area contributed by atoms with Crippen molar-refractivity contribution in [3.8, 4) is 23.3 Å². The number of aliphatic hydroxyl groups excluding tert-OH is 3. The van der Waals surface area contributed by atoms with E-state index in [0.717, 1.165) is 61.8 Å². The number of nitrogens with zero attached hydrogens (tertiary/aromatic N) is 1. The van der Waals surface area contributed by atoms with Crippen molar-refractivity contribution in [2.24, 2.45) is 23.7 Å². The second kappa shape index (κ2) is 18.8. The lowest BCUT2D eigenvalue weighted by Crippen LogP contribution is -2.50. The molecule has 0 spiro atoms. The Labute approximate surface area is 302 Å². The zero-order valence-corrected chi connectivity index (χ0v) is 30.1. The van der Waals surface area contributed by atoms with Gasteiger partial charge in [-0.1, -0.05) is 24.7 Å². The SMILES string of the molecule is COc1cc2c(cc1O)C(CCC(O)CCc1ccnc(N)c1)C#CC(C(O)CCCC(CCCO)C1CNC3CC(=O)CCC3C1)C(=O)CC2. The zero-order valence-electron chi connectivity index (χ0n) is 30.1. The summed E-state index contributed by atoms with van der Waals surface area (Å²) in [5, 5.41) is 46.3. The number of nitrogens with two attached hydrogens (primary N) is 1. The third-order valence-corrected chi connectivity index (χ3v) is 11.5. The van der Waals surface area contributed by atoms with Crippen LogP contribution in [0.15, 0.2) is 30.5 Å². The Balaban J connectivity index is 1.24. The van der Waals surface area contributed by atoms with E-state index in [2.05, 4.69) is 22.1 Å². The number of aromatic hydroxyl groups is 1. The van der Waals surface area contributed by atoms with E-state index < -0.39 is 18.1 Å². The zero-order chi connectivity index (χ0) is 36.3. The summed E-state index contributed by atoms with van der Waals surface area (Å²) in [6.07, 6.45) is 10.0. The van der Waals surface area contributed by atoms with Crippen LogP contribution >= 0.6 is 0 Å². The number of aromatic nitrogens is 1. The van der Waals surface area contributed by atoms with Crippen molar-refractivity contribution in [3.05, 3.63) is 47.2 Å². The number of hydrogen-bond acceptors (Lipinski definition) is 10. The molecule has 10 heteroatoms. The molecule has 2 aliphatic carbocycles. The number of nitrogen functional groups attached to an aromatic ring is 1.